The second kappa shape index (κ2) is 8.28. The summed E-state index contributed by atoms with van der Waals surface area (Å²) in [6.45, 7) is 0.340. The lowest BCUT2D eigenvalue weighted by Crippen LogP contribution is -2.24. The average molecular weight is 430 g/mol. The molecule has 0 aliphatic carbocycles. The van der Waals surface area contributed by atoms with Crippen molar-refractivity contribution in [2.24, 2.45) is 0 Å². The molecule has 3 aromatic rings. The fraction of sp³-hybridized carbons (Fsp3) is 0.304. The number of aliphatic hydroxyl groups is 1. The van der Waals surface area contributed by atoms with Gasteiger partial charge in [0.1, 0.15) is 5.75 Å². The van der Waals surface area contributed by atoms with Crippen LogP contribution >= 0.6 is 0 Å². The van der Waals surface area contributed by atoms with E-state index < -0.39 is 17.3 Å². The van der Waals surface area contributed by atoms with E-state index in [2.05, 4.69) is 10.3 Å². The van der Waals surface area contributed by atoms with Crippen molar-refractivity contribution in [2.75, 3.05) is 20.3 Å². The summed E-state index contributed by atoms with van der Waals surface area (Å²) in [5.41, 5.74) is -0.0746. The van der Waals surface area contributed by atoms with Gasteiger partial charge in [-0.15, -0.1) is 0 Å². The molecule has 0 radical (unpaired) electrons. The molecule has 1 aromatic heterocycles. The van der Waals surface area contributed by atoms with Crippen molar-refractivity contribution >= 4 is 10.9 Å². The number of fused-ring (bicyclic) bond motifs is 1. The van der Waals surface area contributed by atoms with E-state index in [1.165, 1.54) is 25.3 Å². The molecule has 0 spiro atoms. The number of nitrogens with zero attached hydrogens (tertiary/aromatic N) is 1. The number of aromatic nitrogens is 1. The molecule has 4 rings (SSSR count). The first-order valence-corrected chi connectivity index (χ1v) is 9.85. The maximum Gasteiger partial charge on any atom is 0.417 e. The minimum Gasteiger partial charge on any atom is -0.497 e. The third-order valence-electron chi connectivity index (χ3n) is 5.67. The number of alkyl halides is 3. The van der Waals surface area contributed by atoms with Gasteiger partial charge in [-0.05, 0) is 47.9 Å². The first-order valence-electron chi connectivity index (χ1n) is 9.85. The topological polar surface area (TPSA) is 71.5 Å². The van der Waals surface area contributed by atoms with E-state index in [1.807, 2.05) is 0 Å². The molecule has 5 nitrogen and oxygen atoms in total. The third-order valence-corrected chi connectivity index (χ3v) is 5.67. The highest BCUT2D eigenvalue weighted by Gasteiger charge is 2.34. The normalized spacial score (nSPS) is 19.0. The highest BCUT2D eigenvalue weighted by atomic mass is 19.4. The van der Waals surface area contributed by atoms with E-state index in [1.54, 1.807) is 24.3 Å². The Kier molecular flexibility index (Phi) is 5.68. The van der Waals surface area contributed by atoms with Gasteiger partial charge < -0.3 is 15.2 Å². The first kappa shape index (κ1) is 21.3. The van der Waals surface area contributed by atoms with Crippen molar-refractivity contribution in [1.82, 2.24) is 10.3 Å². The Morgan fingerprint density at radius 3 is 2.55 bits per heavy atom. The van der Waals surface area contributed by atoms with Crippen molar-refractivity contribution in [3.8, 4) is 16.9 Å². The van der Waals surface area contributed by atoms with Gasteiger partial charge in [0.25, 0.3) is 5.56 Å². The average Bonchev–Trinajstić information content (AvgIpc) is 3.16. The lowest BCUT2D eigenvalue weighted by Gasteiger charge is -2.13. The number of rotatable bonds is 4. The van der Waals surface area contributed by atoms with Crippen molar-refractivity contribution in [2.45, 2.75) is 24.6 Å². The lowest BCUT2D eigenvalue weighted by atomic mass is 9.90. The van der Waals surface area contributed by atoms with Gasteiger partial charge in [0.2, 0.25) is 0 Å². The van der Waals surface area contributed by atoms with Gasteiger partial charge in [0.15, 0.2) is 0 Å². The van der Waals surface area contributed by atoms with Crippen LogP contribution in [0.3, 0.4) is 0 Å². The van der Waals surface area contributed by atoms with Crippen LogP contribution < -0.4 is 15.6 Å². The van der Waals surface area contributed by atoms with Gasteiger partial charge in [0.05, 0.1) is 24.8 Å². The summed E-state index contributed by atoms with van der Waals surface area (Å²) in [6.07, 6.45) is -4.10. The molecule has 2 aromatic carbocycles. The Hall–Kier alpha value is -2.97. The summed E-state index contributed by atoms with van der Waals surface area (Å²) < 4.78 is 46.3. The molecule has 0 amide bonds. The minimum atomic E-state index is -4.59. The molecule has 0 saturated carbocycles. The number of halogens is 3. The van der Waals surface area contributed by atoms with E-state index in [0.29, 0.717) is 35.4 Å². The van der Waals surface area contributed by atoms with Crippen LogP contribution in [-0.4, -0.2) is 36.4 Å². The van der Waals surface area contributed by atoms with Crippen molar-refractivity contribution in [3.05, 3.63) is 70.0 Å². The van der Waals surface area contributed by atoms with E-state index in [9.17, 15) is 23.1 Å². The molecular formula is C23H21F3N2O3. The van der Waals surface area contributed by atoms with E-state index in [4.69, 9.17) is 4.74 Å². The zero-order valence-electron chi connectivity index (χ0n) is 16.7. The van der Waals surface area contributed by atoms with Crippen LogP contribution in [0, 0.1) is 0 Å². The van der Waals surface area contributed by atoms with Gasteiger partial charge >= 0.3 is 6.18 Å². The second-order valence-electron chi connectivity index (χ2n) is 7.57. The van der Waals surface area contributed by atoms with Crippen LogP contribution in [0.5, 0.6) is 5.75 Å². The quantitative estimate of drug-likeness (QED) is 0.660. The third kappa shape index (κ3) is 4.13. The molecule has 2 heterocycles. The van der Waals surface area contributed by atoms with E-state index in [0.717, 1.165) is 6.07 Å². The predicted octanol–water partition coefficient (Wildman–Crippen LogP) is 3.73. The summed E-state index contributed by atoms with van der Waals surface area (Å²) in [4.78, 5) is 17.2. The van der Waals surface area contributed by atoms with Crippen molar-refractivity contribution in [1.29, 1.82) is 0 Å². The number of hydrogen-bond acceptors (Lipinski definition) is 5. The monoisotopic (exact) mass is 430 g/mol. The fourth-order valence-electron chi connectivity index (χ4n) is 4.14. The maximum absolute atomic E-state index is 13.7. The Bertz CT molecular complexity index is 1160. The van der Waals surface area contributed by atoms with Crippen molar-refractivity contribution in [3.63, 3.8) is 0 Å². The second-order valence-corrected chi connectivity index (χ2v) is 7.57. The van der Waals surface area contributed by atoms with Gasteiger partial charge in [-0.25, -0.2) is 4.98 Å². The van der Waals surface area contributed by atoms with Gasteiger partial charge in [0, 0.05) is 29.5 Å². The smallest absolute Gasteiger partial charge is 0.417 e. The summed E-state index contributed by atoms with van der Waals surface area (Å²) in [7, 11) is 1.52. The Morgan fingerprint density at radius 2 is 1.94 bits per heavy atom. The van der Waals surface area contributed by atoms with Gasteiger partial charge in [-0.1, -0.05) is 18.2 Å². The number of hydrogen-bond donors (Lipinski definition) is 2. The Labute approximate surface area is 176 Å². The Morgan fingerprint density at radius 1 is 1.19 bits per heavy atom. The number of methoxy groups -OCH3 is 1. The molecule has 162 valence electrons. The summed E-state index contributed by atoms with van der Waals surface area (Å²) in [6, 6.07) is 11.7. The molecular weight excluding hydrogens is 409 g/mol. The zero-order valence-corrected chi connectivity index (χ0v) is 16.7. The molecule has 31 heavy (non-hydrogen) atoms. The van der Waals surface area contributed by atoms with Crippen LogP contribution in [0.4, 0.5) is 13.2 Å². The van der Waals surface area contributed by atoms with E-state index >= 15 is 0 Å². The summed E-state index contributed by atoms with van der Waals surface area (Å²) in [5, 5.41) is 12.5. The largest absolute Gasteiger partial charge is 0.497 e. The molecule has 1 aliphatic heterocycles. The highest BCUT2D eigenvalue weighted by Crippen LogP contribution is 2.38. The highest BCUT2D eigenvalue weighted by molar-refractivity contribution is 5.87. The van der Waals surface area contributed by atoms with Gasteiger partial charge in [-0.3, -0.25) is 4.79 Å². The molecule has 2 atom stereocenters. The summed E-state index contributed by atoms with van der Waals surface area (Å²) in [5.74, 6) is 0.306. The summed E-state index contributed by atoms with van der Waals surface area (Å²) >= 11 is 0. The van der Waals surface area contributed by atoms with Crippen LogP contribution in [0.15, 0.2) is 53.3 Å². The molecule has 1 aliphatic rings. The predicted molar refractivity (Wildman–Crippen MR) is 111 cm³/mol. The van der Waals surface area contributed by atoms with Crippen LogP contribution in [-0.2, 0) is 6.18 Å². The number of nitrogens with one attached hydrogen (secondary N) is 1. The first-order chi connectivity index (χ1) is 14.8. The lowest BCUT2D eigenvalue weighted by molar-refractivity contribution is -0.136. The van der Waals surface area contributed by atoms with Crippen molar-refractivity contribution < 1.29 is 23.0 Å². The van der Waals surface area contributed by atoms with Crippen LogP contribution in [0.25, 0.3) is 22.0 Å². The number of benzene rings is 2. The van der Waals surface area contributed by atoms with E-state index in [-0.39, 0.29) is 29.5 Å². The SMILES string of the molecule is COc1ccc(-c2cc3c(C(F)(F)F)cccc3nc(=O)c2C2CNC(CO)C2)cc1. The molecule has 1 fully saturated rings. The standard InChI is InChI=1S/C23H21F3N2O3/c1-31-16-7-5-13(6-8-16)17-10-18-19(23(24,25)26)3-2-4-20(18)28-22(30)21(17)14-9-15(12-29)27-11-14/h2-8,10,14-15,27,29H,9,11-12H2,1H3. The molecule has 2 N–H and O–H groups in total. The van der Waals surface area contributed by atoms with Crippen LogP contribution in [0.2, 0.25) is 0 Å². The molecule has 0 bridgehead atoms. The minimum absolute atomic E-state index is 0.00880. The maximum atomic E-state index is 13.7. The Balaban J connectivity index is 2.04. The zero-order chi connectivity index (χ0) is 22.2. The van der Waals surface area contributed by atoms with Gasteiger partial charge in [-0.2, -0.15) is 13.2 Å². The molecule has 8 heteroatoms. The molecule has 2 unspecified atom stereocenters. The number of aliphatic hydroxyl groups excluding tert-OH is 1. The molecule has 1 saturated heterocycles. The number of ether oxygens (including phenoxy) is 1. The fourth-order valence-corrected chi connectivity index (χ4v) is 4.14. The van der Waals surface area contributed by atoms with Crippen LogP contribution in [0.1, 0.15) is 23.5 Å².